The molecule has 1 aromatic heterocycles. The number of carbonyl (C=O) groups excluding carboxylic acids is 1. The number of amides is 1. The quantitative estimate of drug-likeness (QED) is 0.612. The number of phenols is 1. The van der Waals surface area contributed by atoms with Gasteiger partial charge in [-0.2, -0.15) is 4.98 Å². The van der Waals surface area contributed by atoms with Gasteiger partial charge in [0.2, 0.25) is 0 Å². The zero-order valence-electron chi connectivity index (χ0n) is 15.2. The predicted molar refractivity (Wildman–Crippen MR) is 93.0 cm³/mol. The van der Waals surface area contributed by atoms with E-state index in [0.717, 1.165) is 12.5 Å². The normalized spacial score (nSPS) is 15.7. The minimum atomic E-state index is -0.771. The summed E-state index contributed by atoms with van der Waals surface area (Å²) in [6, 6.07) is 3.75. The number of nitro benzene ring substituents is 1. The monoisotopic (exact) mass is 376 g/mol. The van der Waals surface area contributed by atoms with Crippen molar-refractivity contribution in [2.24, 2.45) is 0 Å². The van der Waals surface area contributed by atoms with Gasteiger partial charge in [-0.1, -0.05) is 5.16 Å². The second-order valence-corrected chi connectivity index (χ2v) is 7.45. The van der Waals surface area contributed by atoms with E-state index in [1.807, 2.05) is 0 Å². The van der Waals surface area contributed by atoms with E-state index in [9.17, 15) is 20.0 Å². The number of nitro groups is 1. The standard InChI is InChI=1S/C17H20N4O6/c1-16(2,3)26-15(23)19-17(7-4-8-17)14-18-13(27-20-14)10-5-6-11(21(24)25)12(22)9-10/h5-6,9,22H,4,7-8H2,1-3H3,(H,19,23). The molecule has 1 aliphatic carbocycles. The summed E-state index contributed by atoms with van der Waals surface area (Å²) in [6.07, 6.45) is 1.59. The van der Waals surface area contributed by atoms with Crippen molar-refractivity contribution in [1.82, 2.24) is 15.5 Å². The lowest BCUT2D eigenvalue weighted by atomic mass is 9.76. The molecule has 2 aromatic rings. The van der Waals surface area contributed by atoms with Gasteiger partial charge in [0.25, 0.3) is 5.89 Å². The van der Waals surface area contributed by atoms with Crippen molar-refractivity contribution in [2.45, 2.75) is 51.2 Å². The van der Waals surface area contributed by atoms with Gasteiger partial charge in [-0.05, 0) is 52.2 Å². The molecule has 10 nitrogen and oxygen atoms in total. The van der Waals surface area contributed by atoms with Crippen LogP contribution in [0, 0.1) is 10.1 Å². The molecule has 1 amide bonds. The first-order chi connectivity index (χ1) is 12.6. The summed E-state index contributed by atoms with van der Waals surface area (Å²) in [5.74, 6) is -0.109. The fourth-order valence-corrected chi connectivity index (χ4v) is 2.78. The van der Waals surface area contributed by atoms with E-state index in [-0.39, 0.29) is 5.89 Å². The van der Waals surface area contributed by atoms with Crippen LogP contribution >= 0.6 is 0 Å². The summed E-state index contributed by atoms with van der Waals surface area (Å²) in [7, 11) is 0. The molecule has 1 fully saturated rings. The molecule has 1 aliphatic rings. The number of carbonyl (C=O) groups is 1. The van der Waals surface area contributed by atoms with Crippen molar-refractivity contribution in [3.63, 3.8) is 0 Å². The van der Waals surface area contributed by atoms with Crippen LogP contribution in [0.3, 0.4) is 0 Å². The number of alkyl carbamates (subject to hydrolysis) is 1. The molecule has 0 spiro atoms. The van der Waals surface area contributed by atoms with E-state index in [1.54, 1.807) is 20.8 Å². The third kappa shape index (κ3) is 3.83. The molecule has 0 unspecified atom stereocenters. The lowest BCUT2D eigenvalue weighted by Crippen LogP contribution is -2.52. The fourth-order valence-electron chi connectivity index (χ4n) is 2.78. The van der Waals surface area contributed by atoms with Gasteiger partial charge in [-0.25, -0.2) is 4.79 Å². The van der Waals surface area contributed by atoms with Gasteiger partial charge in [0.1, 0.15) is 11.1 Å². The van der Waals surface area contributed by atoms with Crippen molar-refractivity contribution in [1.29, 1.82) is 0 Å². The smallest absolute Gasteiger partial charge is 0.408 e. The zero-order valence-corrected chi connectivity index (χ0v) is 15.2. The van der Waals surface area contributed by atoms with E-state index in [1.165, 1.54) is 12.1 Å². The van der Waals surface area contributed by atoms with Gasteiger partial charge in [0.15, 0.2) is 11.6 Å². The van der Waals surface area contributed by atoms with E-state index < -0.39 is 33.6 Å². The lowest BCUT2D eigenvalue weighted by Gasteiger charge is -2.39. The molecular formula is C17H20N4O6. The number of hydrogen-bond donors (Lipinski definition) is 2. The topological polar surface area (TPSA) is 141 Å². The predicted octanol–water partition coefficient (Wildman–Crippen LogP) is 3.25. The number of ether oxygens (including phenoxy) is 1. The minimum absolute atomic E-state index is 0.0902. The maximum absolute atomic E-state index is 12.1. The molecule has 1 saturated carbocycles. The average Bonchev–Trinajstić information content (AvgIpc) is 2.98. The van der Waals surface area contributed by atoms with Gasteiger partial charge < -0.3 is 19.7 Å². The Kier molecular flexibility index (Phi) is 4.50. The Labute approximate surface area is 154 Å². The minimum Gasteiger partial charge on any atom is -0.502 e. The first kappa shape index (κ1) is 18.6. The Morgan fingerprint density at radius 3 is 2.63 bits per heavy atom. The number of phenolic OH excluding ortho intramolecular Hbond substituents is 1. The third-order valence-corrected chi connectivity index (χ3v) is 4.22. The van der Waals surface area contributed by atoms with Crippen molar-refractivity contribution in [3.05, 3.63) is 34.1 Å². The summed E-state index contributed by atoms with van der Waals surface area (Å²) >= 11 is 0. The first-order valence-corrected chi connectivity index (χ1v) is 8.43. The molecule has 0 bridgehead atoms. The maximum atomic E-state index is 12.1. The number of aromatic nitrogens is 2. The van der Waals surface area contributed by atoms with Crippen LogP contribution in [-0.2, 0) is 10.3 Å². The molecule has 2 N–H and O–H groups in total. The fraction of sp³-hybridized carbons (Fsp3) is 0.471. The van der Waals surface area contributed by atoms with Crippen molar-refractivity contribution in [2.75, 3.05) is 0 Å². The van der Waals surface area contributed by atoms with Gasteiger partial charge in [0, 0.05) is 11.6 Å². The zero-order chi connectivity index (χ0) is 19.8. The Balaban J connectivity index is 1.82. The van der Waals surface area contributed by atoms with Crippen molar-refractivity contribution < 1.29 is 24.1 Å². The number of nitrogens with one attached hydrogen (secondary N) is 1. The highest BCUT2D eigenvalue weighted by atomic mass is 16.6. The molecule has 27 heavy (non-hydrogen) atoms. The summed E-state index contributed by atoms with van der Waals surface area (Å²) in [5, 5.41) is 27.3. The Morgan fingerprint density at radius 1 is 1.41 bits per heavy atom. The highest BCUT2D eigenvalue weighted by molar-refractivity contribution is 5.69. The molecule has 0 atom stereocenters. The Morgan fingerprint density at radius 2 is 2.11 bits per heavy atom. The summed E-state index contributed by atoms with van der Waals surface area (Å²) in [6.45, 7) is 5.31. The number of aromatic hydroxyl groups is 1. The third-order valence-electron chi connectivity index (χ3n) is 4.22. The van der Waals surface area contributed by atoms with Crippen molar-refractivity contribution >= 4 is 11.8 Å². The number of rotatable bonds is 4. The van der Waals surface area contributed by atoms with Crippen LogP contribution in [0.2, 0.25) is 0 Å². The SMILES string of the molecule is CC(C)(C)OC(=O)NC1(c2noc(-c3ccc([N+](=O)[O-])c(O)c3)n2)CCC1. The molecule has 10 heteroatoms. The second-order valence-electron chi connectivity index (χ2n) is 7.45. The molecule has 0 aliphatic heterocycles. The molecule has 144 valence electrons. The van der Waals surface area contributed by atoms with Crippen LogP contribution in [0.15, 0.2) is 22.7 Å². The molecule has 1 heterocycles. The van der Waals surface area contributed by atoms with Crippen LogP contribution in [0.5, 0.6) is 5.75 Å². The van der Waals surface area contributed by atoms with Gasteiger partial charge >= 0.3 is 11.8 Å². The molecular weight excluding hydrogens is 356 g/mol. The van der Waals surface area contributed by atoms with E-state index in [2.05, 4.69) is 15.5 Å². The summed E-state index contributed by atoms with van der Waals surface area (Å²) in [4.78, 5) is 26.6. The van der Waals surface area contributed by atoms with Crippen LogP contribution in [0.1, 0.15) is 45.9 Å². The van der Waals surface area contributed by atoms with E-state index >= 15 is 0 Å². The summed E-state index contributed by atoms with van der Waals surface area (Å²) in [5.41, 5.74) is -1.48. The second kappa shape index (κ2) is 6.53. The number of benzene rings is 1. The van der Waals surface area contributed by atoms with Gasteiger partial charge in [-0.15, -0.1) is 0 Å². The highest BCUT2D eigenvalue weighted by Crippen LogP contribution is 2.41. The Hall–Kier alpha value is -3.17. The summed E-state index contributed by atoms with van der Waals surface area (Å²) < 4.78 is 10.5. The average molecular weight is 376 g/mol. The van der Waals surface area contributed by atoms with Gasteiger partial charge in [-0.3, -0.25) is 10.1 Å². The largest absolute Gasteiger partial charge is 0.502 e. The molecule has 0 radical (unpaired) electrons. The van der Waals surface area contributed by atoms with E-state index in [0.29, 0.717) is 24.2 Å². The van der Waals surface area contributed by atoms with Crippen LogP contribution in [0.25, 0.3) is 11.5 Å². The first-order valence-electron chi connectivity index (χ1n) is 8.43. The molecule has 3 rings (SSSR count). The van der Waals surface area contributed by atoms with Gasteiger partial charge in [0.05, 0.1) is 4.92 Å². The molecule has 1 aromatic carbocycles. The van der Waals surface area contributed by atoms with Crippen LogP contribution in [-0.4, -0.2) is 31.9 Å². The number of hydrogen-bond acceptors (Lipinski definition) is 8. The van der Waals surface area contributed by atoms with Crippen LogP contribution in [0.4, 0.5) is 10.5 Å². The maximum Gasteiger partial charge on any atom is 0.408 e. The molecule has 0 saturated heterocycles. The lowest BCUT2D eigenvalue weighted by molar-refractivity contribution is -0.385. The Bertz CT molecular complexity index is 882. The van der Waals surface area contributed by atoms with Crippen LogP contribution < -0.4 is 5.32 Å². The van der Waals surface area contributed by atoms with Crippen molar-refractivity contribution in [3.8, 4) is 17.2 Å². The number of nitrogens with zero attached hydrogens (tertiary/aromatic N) is 3. The highest BCUT2D eigenvalue weighted by Gasteiger charge is 2.45. The van der Waals surface area contributed by atoms with E-state index in [4.69, 9.17) is 9.26 Å².